The Kier molecular flexibility index (Phi) is 7.09. The average molecular weight is 561 g/mol. The van der Waals surface area contributed by atoms with E-state index in [1.54, 1.807) is 19.2 Å². The quantitative estimate of drug-likeness (QED) is 0.400. The third-order valence-electron chi connectivity index (χ3n) is 9.05. The topological polar surface area (TPSA) is 137 Å². The van der Waals surface area contributed by atoms with Crippen molar-refractivity contribution < 1.29 is 23.8 Å². The molecule has 6 rings (SSSR count). The summed E-state index contributed by atoms with van der Waals surface area (Å²) in [5, 5.41) is 0.410. The van der Waals surface area contributed by atoms with Crippen LogP contribution in [0.3, 0.4) is 0 Å². The minimum Gasteiger partial charge on any atom is -0.493 e. The van der Waals surface area contributed by atoms with Gasteiger partial charge in [-0.2, -0.15) is 0 Å². The Hall–Kier alpha value is -4.08. The summed E-state index contributed by atoms with van der Waals surface area (Å²) in [6, 6.07) is 11.1. The fourth-order valence-corrected chi connectivity index (χ4v) is 6.57. The molecule has 0 radical (unpaired) electrons. The van der Waals surface area contributed by atoms with Crippen LogP contribution in [0.2, 0.25) is 0 Å². The van der Waals surface area contributed by atoms with Gasteiger partial charge in [0.25, 0.3) is 5.56 Å². The summed E-state index contributed by atoms with van der Waals surface area (Å²) in [5.74, 6) is 0.562. The SMILES string of the molecule is COc1cc2nc(N3CCC(CC4CC4)(C(=O)OC4CCc5ccccc5C4C(N)=O)CC3)[nH]c(=O)c2cc1OC. The third kappa shape index (κ3) is 5.11. The minimum atomic E-state index is -0.649. The number of esters is 1. The zero-order valence-corrected chi connectivity index (χ0v) is 23.5. The molecule has 216 valence electrons. The molecule has 2 heterocycles. The first kappa shape index (κ1) is 27.1. The molecule has 3 aliphatic rings. The van der Waals surface area contributed by atoms with Gasteiger partial charge in [0.1, 0.15) is 6.10 Å². The number of aromatic amines is 1. The molecule has 0 spiro atoms. The van der Waals surface area contributed by atoms with Crippen molar-refractivity contribution in [2.45, 2.75) is 57.0 Å². The summed E-state index contributed by atoms with van der Waals surface area (Å²) in [4.78, 5) is 49.1. The predicted molar refractivity (Wildman–Crippen MR) is 153 cm³/mol. The highest BCUT2D eigenvalue weighted by Crippen LogP contribution is 2.47. The van der Waals surface area contributed by atoms with Gasteiger partial charge in [0.15, 0.2) is 11.5 Å². The number of H-pyrrole nitrogens is 1. The molecule has 1 amide bonds. The lowest BCUT2D eigenvalue weighted by Crippen LogP contribution is -2.48. The molecule has 10 nitrogen and oxygen atoms in total. The predicted octanol–water partition coefficient (Wildman–Crippen LogP) is 3.45. The van der Waals surface area contributed by atoms with Crippen molar-refractivity contribution in [2.24, 2.45) is 17.1 Å². The zero-order valence-electron chi connectivity index (χ0n) is 23.5. The highest BCUT2D eigenvalue weighted by Gasteiger charge is 2.48. The van der Waals surface area contributed by atoms with Crippen molar-refractivity contribution >= 4 is 28.7 Å². The Labute approximate surface area is 238 Å². The Bertz CT molecular complexity index is 1540. The molecule has 2 aliphatic carbocycles. The van der Waals surface area contributed by atoms with E-state index in [4.69, 9.17) is 24.9 Å². The number of anilines is 1. The molecule has 2 fully saturated rings. The van der Waals surface area contributed by atoms with Crippen molar-refractivity contribution in [1.82, 2.24) is 9.97 Å². The van der Waals surface area contributed by atoms with Gasteiger partial charge in [-0.15, -0.1) is 0 Å². The van der Waals surface area contributed by atoms with Gasteiger partial charge in [-0.1, -0.05) is 37.1 Å². The largest absolute Gasteiger partial charge is 0.493 e. The first-order valence-corrected chi connectivity index (χ1v) is 14.3. The van der Waals surface area contributed by atoms with E-state index in [1.807, 2.05) is 29.2 Å². The van der Waals surface area contributed by atoms with Crippen LogP contribution >= 0.6 is 0 Å². The number of carbonyl (C=O) groups excluding carboxylic acids is 2. The summed E-state index contributed by atoms with van der Waals surface area (Å²) >= 11 is 0. The van der Waals surface area contributed by atoms with Crippen molar-refractivity contribution in [3.8, 4) is 11.5 Å². The third-order valence-corrected chi connectivity index (χ3v) is 9.05. The second-order valence-corrected chi connectivity index (χ2v) is 11.6. The molecular weight excluding hydrogens is 524 g/mol. The molecule has 2 unspecified atom stereocenters. The normalized spacial score (nSPS) is 21.7. The number of hydrogen-bond acceptors (Lipinski definition) is 8. The van der Waals surface area contributed by atoms with Gasteiger partial charge >= 0.3 is 5.97 Å². The van der Waals surface area contributed by atoms with Crippen LogP contribution in [0.15, 0.2) is 41.2 Å². The molecule has 1 saturated heterocycles. The molecule has 1 aromatic heterocycles. The van der Waals surface area contributed by atoms with Crippen molar-refractivity contribution in [2.75, 3.05) is 32.2 Å². The zero-order chi connectivity index (χ0) is 28.7. The lowest BCUT2D eigenvalue weighted by Gasteiger charge is -2.42. The van der Waals surface area contributed by atoms with E-state index >= 15 is 0 Å². The molecule has 1 saturated carbocycles. The molecule has 0 bridgehead atoms. The number of fused-ring (bicyclic) bond motifs is 2. The minimum absolute atomic E-state index is 0.239. The Morgan fingerprint density at radius 1 is 1.07 bits per heavy atom. The highest BCUT2D eigenvalue weighted by molar-refractivity contribution is 5.85. The summed E-state index contributed by atoms with van der Waals surface area (Å²) < 4.78 is 16.9. The van der Waals surface area contributed by atoms with Gasteiger partial charge in [-0.25, -0.2) is 4.98 Å². The van der Waals surface area contributed by atoms with Crippen LogP contribution < -0.4 is 25.7 Å². The Morgan fingerprint density at radius 3 is 2.46 bits per heavy atom. The van der Waals surface area contributed by atoms with Gasteiger partial charge in [0, 0.05) is 19.2 Å². The number of nitrogens with one attached hydrogen (secondary N) is 1. The maximum atomic E-state index is 13.9. The summed E-state index contributed by atoms with van der Waals surface area (Å²) in [7, 11) is 3.06. The van der Waals surface area contributed by atoms with Crippen molar-refractivity contribution in [3.05, 3.63) is 57.9 Å². The van der Waals surface area contributed by atoms with Crippen LogP contribution in [0.4, 0.5) is 5.95 Å². The number of ether oxygens (including phenoxy) is 3. The molecule has 1 aliphatic heterocycles. The van der Waals surface area contributed by atoms with Crippen LogP contribution in [0, 0.1) is 11.3 Å². The molecule has 2 aromatic carbocycles. The van der Waals surface area contributed by atoms with Gasteiger partial charge in [-0.3, -0.25) is 19.4 Å². The van der Waals surface area contributed by atoms with Crippen LogP contribution in [0.1, 0.15) is 55.6 Å². The van der Waals surface area contributed by atoms with Crippen LogP contribution in [0.5, 0.6) is 11.5 Å². The Balaban J connectivity index is 1.22. The second-order valence-electron chi connectivity index (χ2n) is 11.6. The Morgan fingerprint density at radius 2 is 1.78 bits per heavy atom. The van der Waals surface area contributed by atoms with Gasteiger partial charge < -0.3 is 24.8 Å². The number of primary amides is 1. The first-order valence-electron chi connectivity index (χ1n) is 14.3. The maximum absolute atomic E-state index is 13.9. The number of piperidine rings is 1. The number of benzene rings is 2. The number of carbonyl (C=O) groups is 2. The van der Waals surface area contributed by atoms with E-state index < -0.39 is 23.3 Å². The molecule has 3 N–H and O–H groups in total. The fraction of sp³-hybridized carbons (Fsp3) is 0.484. The van der Waals surface area contributed by atoms with Crippen molar-refractivity contribution in [1.29, 1.82) is 0 Å². The van der Waals surface area contributed by atoms with Crippen LogP contribution in [-0.2, 0) is 20.7 Å². The average Bonchev–Trinajstić information content (AvgIpc) is 3.80. The number of nitrogens with zero attached hydrogens (tertiary/aromatic N) is 2. The van der Waals surface area contributed by atoms with Crippen LogP contribution in [0.25, 0.3) is 10.9 Å². The number of rotatable bonds is 8. The summed E-state index contributed by atoms with van der Waals surface area (Å²) in [6.07, 6.45) is 4.87. The second kappa shape index (κ2) is 10.7. The van der Waals surface area contributed by atoms with E-state index in [-0.39, 0.29) is 11.5 Å². The molecule has 3 aromatic rings. The number of aromatic nitrogens is 2. The number of aryl methyl sites for hydroxylation is 1. The molecule has 2 atom stereocenters. The number of hydrogen-bond donors (Lipinski definition) is 2. The number of methoxy groups -OCH3 is 2. The number of nitrogens with two attached hydrogens (primary N) is 1. The lowest BCUT2D eigenvalue weighted by atomic mass is 9.74. The first-order chi connectivity index (χ1) is 19.8. The summed E-state index contributed by atoms with van der Waals surface area (Å²) in [5.41, 5.74) is 7.36. The van der Waals surface area contributed by atoms with E-state index in [9.17, 15) is 14.4 Å². The van der Waals surface area contributed by atoms with E-state index in [0.29, 0.717) is 66.6 Å². The van der Waals surface area contributed by atoms with Crippen molar-refractivity contribution in [3.63, 3.8) is 0 Å². The summed E-state index contributed by atoms with van der Waals surface area (Å²) in [6.45, 7) is 1.08. The monoisotopic (exact) mass is 560 g/mol. The lowest BCUT2D eigenvalue weighted by molar-refractivity contribution is -0.166. The van der Waals surface area contributed by atoms with E-state index in [1.165, 1.54) is 7.11 Å². The molecular formula is C31H36N4O6. The van der Waals surface area contributed by atoms with Gasteiger partial charge in [-0.05, 0) is 55.2 Å². The van der Waals surface area contributed by atoms with Crippen LogP contribution in [-0.4, -0.2) is 55.3 Å². The highest BCUT2D eigenvalue weighted by atomic mass is 16.5. The standard InChI is InChI=1S/C31H36N4O6/c1-39-24-15-21-22(16-25(24)40-2)33-30(34-28(21)37)35-13-11-31(12-14-35,17-18-7-8-18)29(38)41-23-10-9-19-5-3-4-6-20(19)26(23)27(32)36/h3-6,15-16,18,23,26H,7-14,17H2,1-2H3,(H2,32,36)(H,33,34,37). The maximum Gasteiger partial charge on any atom is 0.312 e. The molecule has 41 heavy (non-hydrogen) atoms. The fourth-order valence-electron chi connectivity index (χ4n) is 6.57. The van der Waals surface area contributed by atoms with E-state index in [0.717, 1.165) is 36.8 Å². The number of amides is 1. The smallest absolute Gasteiger partial charge is 0.312 e. The van der Waals surface area contributed by atoms with E-state index in [2.05, 4.69) is 4.98 Å². The van der Waals surface area contributed by atoms with Gasteiger partial charge in [0.2, 0.25) is 11.9 Å². The van der Waals surface area contributed by atoms with Gasteiger partial charge in [0.05, 0.1) is 36.5 Å². The molecule has 10 heteroatoms.